The van der Waals surface area contributed by atoms with Crippen molar-refractivity contribution in [3.05, 3.63) is 71.4 Å². The van der Waals surface area contributed by atoms with Crippen molar-refractivity contribution >= 4 is 40.2 Å². The molecule has 1 amide bonds. The van der Waals surface area contributed by atoms with Gasteiger partial charge in [0.25, 0.3) is 0 Å². The van der Waals surface area contributed by atoms with Gasteiger partial charge in [0, 0.05) is 72.2 Å². The van der Waals surface area contributed by atoms with Gasteiger partial charge in [-0.2, -0.15) is 5.26 Å². The van der Waals surface area contributed by atoms with E-state index in [2.05, 4.69) is 15.5 Å². The van der Waals surface area contributed by atoms with Crippen LogP contribution in [0.5, 0.6) is 0 Å². The molecule has 0 spiro atoms. The molecule has 0 saturated carbocycles. The maximum Gasteiger partial charge on any atom is 0.246 e. The fourth-order valence-electron chi connectivity index (χ4n) is 3.89. The van der Waals surface area contributed by atoms with E-state index in [1.165, 1.54) is 0 Å². The summed E-state index contributed by atoms with van der Waals surface area (Å²) in [6, 6.07) is 18.1. The number of anilines is 1. The Bertz CT molecular complexity index is 1120. The molecule has 0 aliphatic carbocycles. The first-order chi connectivity index (χ1) is 14.7. The molecular formula is C24H23ClN4O. The highest BCUT2D eigenvalue weighted by Crippen LogP contribution is 2.24. The van der Waals surface area contributed by atoms with Crippen molar-refractivity contribution in [2.75, 3.05) is 31.1 Å². The zero-order chi connectivity index (χ0) is 20.9. The van der Waals surface area contributed by atoms with E-state index < -0.39 is 0 Å². The molecule has 30 heavy (non-hydrogen) atoms. The molecule has 6 heteroatoms. The van der Waals surface area contributed by atoms with Crippen molar-refractivity contribution < 1.29 is 4.79 Å². The molecular weight excluding hydrogens is 396 g/mol. The van der Waals surface area contributed by atoms with E-state index in [9.17, 15) is 4.79 Å². The number of para-hydroxylation sites is 1. The third-order valence-electron chi connectivity index (χ3n) is 5.45. The summed E-state index contributed by atoms with van der Waals surface area (Å²) in [6.07, 6.45) is 6.02. The Balaban J connectivity index is 1.43. The van der Waals surface area contributed by atoms with Gasteiger partial charge in [-0.1, -0.05) is 35.9 Å². The van der Waals surface area contributed by atoms with Crippen LogP contribution in [0.1, 0.15) is 12.0 Å². The first-order valence-corrected chi connectivity index (χ1v) is 10.5. The lowest BCUT2D eigenvalue weighted by molar-refractivity contribution is -0.126. The van der Waals surface area contributed by atoms with Crippen LogP contribution in [0, 0.1) is 11.3 Å². The Hall–Kier alpha value is -3.23. The highest BCUT2D eigenvalue weighted by Gasteiger charge is 2.20. The zero-order valence-corrected chi connectivity index (χ0v) is 17.4. The summed E-state index contributed by atoms with van der Waals surface area (Å²) in [5.74, 6) is 0.0228. The molecule has 0 unspecified atom stereocenters. The number of carbonyl (C=O) groups is 1. The molecule has 3 aromatic rings. The average molecular weight is 419 g/mol. The van der Waals surface area contributed by atoms with E-state index in [0.717, 1.165) is 40.3 Å². The number of hydrogen-bond donors (Lipinski definition) is 0. The maximum atomic E-state index is 12.7. The van der Waals surface area contributed by atoms with Gasteiger partial charge in [0.2, 0.25) is 5.91 Å². The molecule has 1 fully saturated rings. The van der Waals surface area contributed by atoms with Gasteiger partial charge in [-0.3, -0.25) is 4.79 Å². The normalized spacial score (nSPS) is 14.4. The molecule has 2 heterocycles. The Morgan fingerprint density at radius 2 is 1.90 bits per heavy atom. The highest BCUT2D eigenvalue weighted by atomic mass is 35.5. The fraction of sp³-hybridized carbons (Fsp3) is 0.250. The summed E-state index contributed by atoms with van der Waals surface area (Å²) in [5.41, 5.74) is 3.17. The van der Waals surface area contributed by atoms with E-state index in [-0.39, 0.29) is 5.91 Å². The quantitative estimate of drug-likeness (QED) is 0.570. The van der Waals surface area contributed by atoms with E-state index in [0.29, 0.717) is 26.1 Å². The number of rotatable bonds is 5. The van der Waals surface area contributed by atoms with Crippen molar-refractivity contribution in [1.29, 1.82) is 5.26 Å². The van der Waals surface area contributed by atoms with Crippen molar-refractivity contribution in [1.82, 2.24) is 9.47 Å². The number of hydrogen-bond acceptors (Lipinski definition) is 3. The number of halogens is 1. The Morgan fingerprint density at radius 3 is 2.67 bits per heavy atom. The predicted octanol–water partition coefficient (Wildman–Crippen LogP) is 4.57. The summed E-state index contributed by atoms with van der Waals surface area (Å²) in [5, 5.41) is 10.7. The van der Waals surface area contributed by atoms with Crippen molar-refractivity contribution in [2.45, 2.75) is 13.0 Å². The largest absolute Gasteiger partial charge is 0.368 e. The van der Waals surface area contributed by atoms with Crippen LogP contribution in [0.15, 0.2) is 60.8 Å². The molecule has 1 aliphatic heterocycles. The molecule has 0 N–H and O–H groups in total. The number of nitriles is 1. The number of benzene rings is 2. The first kappa shape index (κ1) is 20.1. The van der Waals surface area contributed by atoms with Crippen LogP contribution in [-0.4, -0.2) is 41.6 Å². The summed E-state index contributed by atoms with van der Waals surface area (Å²) in [6.45, 7) is 3.57. The molecule has 2 aromatic carbocycles. The number of amides is 1. The summed E-state index contributed by atoms with van der Waals surface area (Å²) < 4.78 is 2.08. The smallest absolute Gasteiger partial charge is 0.246 e. The van der Waals surface area contributed by atoms with Gasteiger partial charge in [-0.25, -0.2) is 0 Å². The Kier molecular flexibility index (Phi) is 6.06. The molecule has 5 nitrogen and oxygen atoms in total. The topological polar surface area (TPSA) is 52.3 Å². The standard InChI is InChI=1S/C24H23ClN4O/c25-20-5-3-6-21(17-20)27-13-15-28(16-14-27)24(30)10-9-19-18-29(12-4-11-26)23-8-2-1-7-22(19)23/h1-3,5-10,17-18H,4,12-16H2/b10-9+. The van der Waals surface area contributed by atoms with Crippen LogP contribution in [-0.2, 0) is 11.3 Å². The first-order valence-electron chi connectivity index (χ1n) is 10.1. The van der Waals surface area contributed by atoms with Gasteiger partial charge >= 0.3 is 0 Å². The minimum atomic E-state index is 0.0228. The summed E-state index contributed by atoms with van der Waals surface area (Å²) in [4.78, 5) is 16.9. The van der Waals surface area contributed by atoms with E-state index in [4.69, 9.17) is 16.9 Å². The number of piperazine rings is 1. The number of fused-ring (bicyclic) bond motifs is 1. The van der Waals surface area contributed by atoms with Crippen molar-refractivity contribution in [3.63, 3.8) is 0 Å². The van der Waals surface area contributed by atoms with Gasteiger partial charge in [0.05, 0.1) is 12.5 Å². The minimum Gasteiger partial charge on any atom is -0.368 e. The lowest BCUT2D eigenvalue weighted by atomic mass is 10.1. The second-order valence-electron chi connectivity index (χ2n) is 7.33. The lowest BCUT2D eigenvalue weighted by Gasteiger charge is -2.35. The average Bonchev–Trinajstić information content (AvgIpc) is 3.14. The van der Waals surface area contributed by atoms with Gasteiger partial charge in [-0.15, -0.1) is 0 Å². The van der Waals surface area contributed by atoms with Gasteiger partial charge < -0.3 is 14.4 Å². The molecule has 0 radical (unpaired) electrons. The van der Waals surface area contributed by atoms with Crippen LogP contribution in [0.4, 0.5) is 5.69 Å². The second-order valence-corrected chi connectivity index (χ2v) is 7.77. The summed E-state index contributed by atoms with van der Waals surface area (Å²) >= 11 is 6.10. The number of carbonyl (C=O) groups excluding carboxylic acids is 1. The Labute approximate surface area is 181 Å². The van der Waals surface area contributed by atoms with Gasteiger partial charge in [-0.05, 0) is 30.3 Å². The van der Waals surface area contributed by atoms with Crippen molar-refractivity contribution in [3.8, 4) is 6.07 Å². The van der Waals surface area contributed by atoms with Crippen LogP contribution < -0.4 is 4.90 Å². The number of aryl methyl sites for hydroxylation is 1. The molecule has 1 saturated heterocycles. The minimum absolute atomic E-state index is 0.0228. The fourth-order valence-corrected chi connectivity index (χ4v) is 4.07. The number of nitrogens with zero attached hydrogens (tertiary/aromatic N) is 4. The molecule has 0 bridgehead atoms. The third-order valence-corrected chi connectivity index (χ3v) is 5.69. The summed E-state index contributed by atoms with van der Waals surface area (Å²) in [7, 11) is 0. The third kappa shape index (κ3) is 4.34. The van der Waals surface area contributed by atoms with Gasteiger partial charge in [0.1, 0.15) is 0 Å². The van der Waals surface area contributed by atoms with E-state index >= 15 is 0 Å². The molecule has 4 rings (SSSR count). The second kappa shape index (κ2) is 9.06. The monoisotopic (exact) mass is 418 g/mol. The lowest BCUT2D eigenvalue weighted by Crippen LogP contribution is -2.48. The molecule has 0 atom stereocenters. The SMILES string of the molecule is N#CCCn1cc(/C=C/C(=O)N2CCN(c3cccc(Cl)c3)CC2)c2ccccc21. The van der Waals surface area contributed by atoms with Gasteiger partial charge in [0.15, 0.2) is 0 Å². The number of aromatic nitrogens is 1. The molecule has 152 valence electrons. The van der Waals surface area contributed by atoms with Crippen LogP contribution in [0.3, 0.4) is 0 Å². The van der Waals surface area contributed by atoms with Crippen LogP contribution >= 0.6 is 11.6 Å². The predicted molar refractivity (Wildman–Crippen MR) is 121 cm³/mol. The zero-order valence-electron chi connectivity index (χ0n) is 16.7. The highest BCUT2D eigenvalue weighted by molar-refractivity contribution is 6.30. The Morgan fingerprint density at radius 1 is 1.10 bits per heavy atom. The van der Waals surface area contributed by atoms with Crippen molar-refractivity contribution in [2.24, 2.45) is 0 Å². The van der Waals surface area contributed by atoms with Crippen LogP contribution in [0.2, 0.25) is 5.02 Å². The van der Waals surface area contributed by atoms with Crippen LogP contribution in [0.25, 0.3) is 17.0 Å². The van der Waals surface area contributed by atoms with E-state index in [1.807, 2.05) is 65.7 Å². The van der Waals surface area contributed by atoms with E-state index in [1.54, 1.807) is 6.08 Å². The molecule has 1 aliphatic rings. The molecule has 1 aromatic heterocycles. The maximum absolute atomic E-state index is 12.7.